The maximum Gasteiger partial charge on any atom is 0.0583 e. The van der Waals surface area contributed by atoms with Crippen molar-refractivity contribution in [3.8, 4) is 0 Å². The van der Waals surface area contributed by atoms with Crippen LogP contribution < -0.4 is 0 Å². The van der Waals surface area contributed by atoms with Crippen LogP contribution in [0.3, 0.4) is 0 Å². The van der Waals surface area contributed by atoms with Gasteiger partial charge in [0.05, 0.1) is 6.10 Å². The third-order valence-corrected chi connectivity index (χ3v) is 3.47. The van der Waals surface area contributed by atoms with Crippen LogP contribution in [0.15, 0.2) is 5.11 Å². The summed E-state index contributed by atoms with van der Waals surface area (Å²) in [6.45, 7) is 3.44. The normalized spacial score (nSPS) is 36.8. The molecule has 0 aromatic heterocycles. The van der Waals surface area contributed by atoms with E-state index < -0.39 is 0 Å². The quantitative estimate of drug-likeness (QED) is 0.415. The third kappa shape index (κ3) is 1.85. The van der Waals surface area contributed by atoms with Gasteiger partial charge in [-0.15, -0.1) is 0 Å². The SMILES string of the molecule is [N-]=[N+]=NCCN1CC2CCC(O)C2C1. The highest BCUT2D eigenvalue weighted by atomic mass is 16.3. The first-order valence-corrected chi connectivity index (χ1v) is 5.22. The molecule has 1 aliphatic carbocycles. The molecule has 0 amide bonds. The van der Waals surface area contributed by atoms with E-state index >= 15 is 0 Å². The Kier molecular flexibility index (Phi) is 2.91. The first-order valence-electron chi connectivity index (χ1n) is 5.22. The molecule has 1 saturated carbocycles. The molecule has 0 aromatic rings. The molecule has 5 heteroatoms. The van der Waals surface area contributed by atoms with Gasteiger partial charge in [0.15, 0.2) is 0 Å². The molecule has 1 aliphatic heterocycles. The summed E-state index contributed by atoms with van der Waals surface area (Å²) in [5.74, 6) is 1.15. The van der Waals surface area contributed by atoms with E-state index in [1.54, 1.807) is 0 Å². The molecular formula is C9H16N4O. The fourth-order valence-electron chi connectivity index (χ4n) is 2.74. The van der Waals surface area contributed by atoms with Crippen molar-refractivity contribution in [3.63, 3.8) is 0 Å². The van der Waals surface area contributed by atoms with Gasteiger partial charge in [-0.1, -0.05) is 5.11 Å². The second-order valence-corrected chi connectivity index (χ2v) is 4.28. The molecule has 14 heavy (non-hydrogen) atoms. The van der Waals surface area contributed by atoms with Crippen LogP contribution in [0.2, 0.25) is 0 Å². The molecule has 1 heterocycles. The van der Waals surface area contributed by atoms with Gasteiger partial charge in [0.1, 0.15) is 0 Å². The van der Waals surface area contributed by atoms with E-state index in [1.807, 2.05) is 0 Å². The molecule has 0 spiro atoms. The first-order chi connectivity index (χ1) is 6.81. The minimum absolute atomic E-state index is 0.0931. The number of rotatable bonds is 3. The number of fused-ring (bicyclic) bond motifs is 1. The van der Waals surface area contributed by atoms with Crippen molar-refractivity contribution in [3.05, 3.63) is 10.4 Å². The lowest BCUT2D eigenvalue weighted by molar-refractivity contribution is 0.124. The summed E-state index contributed by atoms with van der Waals surface area (Å²) >= 11 is 0. The lowest BCUT2D eigenvalue weighted by atomic mass is 10.00. The van der Waals surface area contributed by atoms with Crippen molar-refractivity contribution in [1.82, 2.24) is 4.90 Å². The summed E-state index contributed by atoms with van der Waals surface area (Å²) in [7, 11) is 0. The lowest BCUT2D eigenvalue weighted by Gasteiger charge is -2.16. The van der Waals surface area contributed by atoms with Crippen molar-refractivity contribution in [1.29, 1.82) is 0 Å². The molecule has 2 rings (SSSR count). The van der Waals surface area contributed by atoms with Gasteiger partial charge in [-0.3, -0.25) is 0 Å². The highest BCUT2D eigenvalue weighted by Gasteiger charge is 2.41. The summed E-state index contributed by atoms with van der Waals surface area (Å²) in [4.78, 5) is 5.03. The van der Waals surface area contributed by atoms with Gasteiger partial charge in [0.25, 0.3) is 0 Å². The fourth-order valence-corrected chi connectivity index (χ4v) is 2.74. The van der Waals surface area contributed by atoms with E-state index in [9.17, 15) is 5.11 Å². The lowest BCUT2D eigenvalue weighted by Crippen LogP contribution is -2.26. The molecule has 78 valence electrons. The van der Waals surface area contributed by atoms with Crippen LogP contribution in [0.5, 0.6) is 0 Å². The predicted octanol–water partition coefficient (Wildman–Crippen LogP) is 0.999. The Bertz CT molecular complexity index is 251. The van der Waals surface area contributed by atoms with Crippen molar-refractivity contribution < 1.29 is 5.11 Å². The van der Waals surface area contributed by atoms with E-state index in [-0.39, 0.29) is 6.10 Å². The molecule has 1 N–H and O–H groups in total. The van der Waals surface area contributed by atoms with Gasteiger partial charge in [0.2, 0.25) is 0 Å². The van der Waals surface area contributed by atoms with Crippen LogP contribution >= 0.6 is 0 Å². The molecule has 2 fully saturated rings. The second kappa shape index (κ2) is 4.17. The number of hydrogen-bond donors (Lipinski definition) is 1. The van der Waals surface area contributed by atoms with Gasteiger partial charge in [-0.2, -0.15) is 0 Å². The Hall–Kier alpha value is -0.770. The van der Waals surface area contributed by atoms with Crippen molar-refractivity contribution in [2.45, 2.75) is 18.9 Å². The number of hydrogen-bond acceptors (Lipinski definition) is 3. The topological polar surface area (TPSA) is 72.2 Å². The van der Waals surface area contributed by atoms with E-state index in [2.05, 4.69) is 14.9 Å². The van der Waals surface area contributed by atoms with E-state index in [0.717, 1.165) is 32.5 Å². The van der Waals surface area contributed by atoms with Crippen molar-refractivity contribution >= 4 is 0 Å². The molecule has 3 atom stereocenters. The molecule has 0 aromatic carbocycles. The summed E-state index contributed by atoms with van der Waals surface area (Å²) < 4.78 is 0. The average molecular weight is 196 g/mol. The largest absolute Gasteiger partial charge is 0.393 e. The molecule has 0 radical (unpaired) electrons. The zero-order chi connectivity index (χ0) is 9.97. The minimum atomic E-state index is -0.0931. The Morgan fingerprint density at radius 1 is 1.43 bits per heavy atom. The van der Waals surface area contributed by atoms with E-state index in [4.69, 9.17) is 5.53 Å². The number of azide groups is 1. The fraction of sp³-hybridized carbons (Fsp3) is 1.00. The highest BCUT2D eigenvalue weighted by molar-refractivity contribution is 4.93. The Balaban J connectivity index is 1.80. The van der Waals surface area contributed by atoms with Gasteiger partial charge < -0.3 is 10.0 Å². The van der Waals surface area contributed by atoms with Gasteiger partial charge in [-0.25, -0.2) is 0 Å². The summed E-state index contributed by atoms with van der Waals surface area (Å²) in [5.41, 5.74) is 8.14. The number of aliphatic hydroxyl groups excluding tert-OH is 1. The first kappa shape index (κ1) is 9.77. The summed E-state index contributed by atoms with van der Waals surface area (Å²) in [5, 5.41) is 13.2. The summed E-state index contributed by atoms with van der Waals surface area (Å²) in [6.07, 6.45) is 2.04. The van der Waals surface area contributed by atoms with E-state index in [1.165, 1.54) is 0 Å². The Morgan fingerprint density at radius 2 is 2.29 bits per heavy atom. The molecular weight excluding hydrogens is 180 g/mol. The predicted molar refractivity (Wildman–Crippen MR) is 52.7 cm³/mol. The number of likely N-dealkylation sites (tertiary alicyclic amines) is 1. The molecule has 0 bridgehead atoms. The standard InChI is InChI=1S/C9H16N4O/c10-12-11-3-4-13-5-7-1-2-9(14)8(7)6-13/h7-9,14H,1-6H2. The van der Waals surface area contributed by atoms with Gasteiger partial charge >= 0.3 is 0 Å². The zero-order valence-electron chi connectivity index (χ0n) is 8.21. The van der Waals surface area contributed by atoms with Gasteiger partial charge in [-0.05, 0) is 24.3 Å². The third-order valence-electron chi connectivity index (χ3n) is 3.47. The average Bonchev–Trinajstić information content (AvgIpc) is 2.70. The summed E-state index contributed by atoms with van der Waals surface area (Å²) in [6, 6.07) is 0. The maximum atomic E-state index is 9.68. The smallest absolute Gasteiger partial charge is 0.0583 e. The van der Waals surface area contributed by atoms with Crippen LogP contribution in [0.4, 0.5) is 0 Å². The van der Waals surface area contributed by atoms with Gasteiger partial charge in [0, 0.05) is 37.0 Å². The van der Waals surface area contributed by atoms with Crippen LogP contribution in [-0.2, 0) is 0 Å². The minimum Gasteiger partial charge on any atom is -0.393 e. The Labute approximate surface area is 83.3 Å². The van der Waals surface area contributed by atoms with E-state index in [0.29, 0.717) is 18.4 Å². The highest BCUT2D eigenvalue weighted by Crippen LogP contribution is 2.37. The molecule has 2 aliphatic rings. The van der Waals surface area contributed by atoms with Crippen LogP contribution in [0, 0.1) is 11.8 Å². The number of aliphatic hydroxyl groups is 1. The van der Waals surface area contributed by atoms with Crippen LogP contribution in [0.1, 0.15) is 12.8 Å². The molecule has 3 unspecified atom stereocenters. The monoisotopic (exact) mass is 196 g/mol. The maximum absolute atomic E-state index is 9.68. The second-order valence-electron chi connectivity index (χ2n) is 4.28. The van der Waals surface area contributed by atoms with Crippen LogP contribution in [0.25, 0.3) is 10.4 Å². The Morgan fingerprint density at radius 3 is 3.00 bits per heavy atom. The van der Waals surface area contributed by atoms with Crippen molar-refractivity contribution in [2.24, 2.45) is 17.0 Å². The molecule has 5 nitrogen and oxygen atoms in total. The number of nitrogens with zero attached hydrogens (tertiary/aromatic N) is 4. The van der Waals surface area contributed by atoms with Crippen LogP contribution in [-0.4, -0.2) is 42.3 Å². The molecule has 1 saturated heterocycles. The van der Waals surface area contributed by atoms with Crippen molar-refractivity contribution in [2.75, 3.05) is 26.2 Å². The zero-order valence-corrected chi connectivity index (χ0v) is 8.21.